The summed E-state index contributed by atoms with van der Waals surface area (Å²) < 4.78 is 2.37. The maximum atomic E-state index is 4.82. The smallest absolute Gasteiger partial charge is 0.110 e. The third-order valence-corrected chi connectivity index (χ3v) is 4.83. The maximum Gasteiger partial charge on any atom is 0.110 e. The van der Waals surface area contributed by atoms with Gasteiger partial charge in [-0.15, -0.1) is 0 Å². The van der Waals surface area contributed by atoms with Crippen LogP contribution in [-0.2, 0) is 13.0 Å². The molecule has 18 heavy (non-hydrogen) atoms. The zero-order chi connectivity index (χ0) is 12.5. The van der Waals surface area contributed by atoms with E-state index in [0.29, 0.717) is 0 Å². The number of nitrogens with zero attached hydrogens (tertiary/aromatic N) is 2. The fourth-order valence-corrected chi connectivity index (χ4v) is 3.88. The Kier molecular flexibility index (Phi) is 3.42. The minimum atomic E-state index is 0.724. The Morgan fingerprint density at radius 2 is 2.17 bits per heavy atom. The van der Waals surface area contributed by atoms with Crippen LogP contribution in [0.3, 0.4) is 0 Å². The molecular formula is C15H19BrN2. The van der Waals surface area contributed by atoms with Crippen LogP contribution >= 0.6 is 15.9 Å². The molecule has 0 aliphatic heterocycles. The second-order valence-electron chi connectivity index (χ2n) is 5.24. The van der Waals surface area contributed by atoms with Crippen molar-refractivity contribution in [1.29, 1.82) is 0 Å². The summed E-state index contributed by atoms with van der Waals surface area (Å²) in [4.78, 5) is 5.54. The van der Waals surface area contributed by atoms with Crippen LogP contribution in [0.25, 0.3) is 11.0 Å². The average molecular weight is 307 g/mol. The number of imidazole rings is 1. The van der Waals surface area contributed by atoms with E-state index in [2.05, 4.69) is 51.7 Å². The lowest BCUT2D eigenvalue weighted by Gasteiger charge is -2.10. The quantitative estimate of drug-likeness (QED) is 0.779. The molecule has 1 aromatic heterocycles. The van der Waals surface area contributed by atoms with Crippen molar-refractivity contribution in [1.82, 2.24) is 9.55 Å². The number of halogens is 1. The zero-order valence-corrected chi connectivity index (χ0v) is 12.4. The summed E-state index contributed by atoms with van der Waals surface area (Å²) in [6.07, 6.45) is 5.08. The molecule has 2 atom stereocenters. The molecule has 0 N–H and O–H groups in total. The maximum absolute atomic E-state index is 4.82. The Labute approximate surface area is 117 Å². The number of fused-ring (bicyclic) bond motifs is 1. The SMILES string of the molecule is CCn1c(CC2CCC(Br)C2)nc2ccccc21. The largest absolute Gasteiger partial charge is 0.328 e. The molecule has 0 radical (unpaired) electrons. The van der Waals surface area contributed by atoms with Crippen molar-refractivity contribution in [3.8, 4) is 0 Å². The number of benzene rings is 1. The van der Waals surface area contributed by atoms with Crippen LogP contribution in [-0.4, -0.2) is 14.4 Å². The Morgan fingerprint density at radius 3 is 2.89 bits per heavy atom. The highest BCUT2D eigenvalue weighted by Gasteiger charge is 2.24. The molecule has 0 amide bonds. The van der Waals surface area contributed by atoms with Crippen LogP contribution in [0.4, 0.5) is 0 Å². The molecule has 1 aliphatic carbocycles. The van der Waals surface area contributed by atoms with Gasteiger partial charge in [-0.2, -0.15) is 0 Å². The Balaban J connectivity index is 1.91. The van der Waals surface area contributed by atoms with Gasteiger partial charge in [0.05, 0.1) is 11.0 Å². The summed E-state index contributed by atoms with van der Waals surface area (Å²) in [5, 5.41) is 0. The van der Waals surface area contributed by atoms with E-state index in [1.807, 2.05) is 0 Å². The molecule has 3 rings (SSSR count). The van der Waals surface area contributed by atoms with Crippen LogP contribution in [0.15, 0.2) is 24.3 Å². The van der Waals surface area contributed by atoms with Gasteiger partial charge in [0.15, 0.2) is 0 Å². The summed E-state index contributed by atoms with van der Waals surface area (Å²) in [5.41, 5.74) is 2.42. The first-order valence-electron chi connectivity index (χ1n) is 6.86. The van der Waals surface area contributed by atoms with E-state index in [4.69, 9.17) is 4.98 Å². The van der Waals surface area contributed by atoms with Crippen LogP contribution in [0, 0.1) is 5.92 Å². The number of rotatable bonds is 3. The zero-order valence-electron chi connectivity index (χ0n) is 10.8. The van der Waals surface area contributed by atoms with E-state index in [9.17, 15) is 0 Å². The van der Waals surface area contributed by atoms with Crippen molar-refractivity contribution < 1.29 is 0 Å². The highest BCUT2D eigenvalue weighted by Crippen LogP contribution is 2.33. The number of aryl methyl sites for hydroxylation is 1. The van der Waals surface area contributed by atoms with Crippen molar-refractivity contribution in [3.63, 3.8) is 0 Å². The minimum Gasteiger partial charge on any atom is -0.328 e. The molecule has 2 aromatic rings. The minimum absolute atomic E-state index is 0.724. The number of hydrogen-bond acceptors (Lipinski definition) is 1. The third kappa shape index (κ3) is 2.20. The molecule has 1 saturated carbocycles. The molecule has 1 aliphatic rings. The van der Waals surface area contributed by atoms with E-state index in [1.54, 1.807) is 0 Å². The monoisotopic (exact) mass is 306 g/mol. The van der Waals surface area contributed by atoms with E-state index in [0.717, 1.165) is 29.2 Å². The first kappa shape index (κ1) is 12.2. The van der Waals surface area contributed by atoms with E-state index < -0.39 is 0 Å². The van der Waals surface area contributed by atoms with E-state index in [-0.39, 0.29) is 0 Å². The van der Waals surface area contributed by atoms with Gasteiger partial charge in [0.25, 0.3) is 0 Å². The fraction of sp³-hybridized carbons (Fsp3) is 0.533. The molecule has 0 saturated heterocycles. The van der Waals surface area contributed by atoms with Gasteiger partial charge in [0, 0.05) is 17.8 Å². The first-order chi connectivity index (χ1) is 8.78. The van der Waals surface area contributed by atoms with Gasteiger partial charge in [-0.05, 0) is 44.2 Å². The molecule has 2 unspecified atom stereocenters. The van der Waals surface area contributed by atoms with Crippen LogP contribution in [0.2, 0.25) is 0 Å². The second-order valence-corrected chi connectivity index (χ2v) is 6.54. The molecule has 0 spiro atoms. The summed E-state index contributed by atoms with van der Waals surface area (Å²) in [6.45, 7) is 3.22. The van der Waals surface area contributed by atoms with E-state index in [1.165, 1.54) is 30.6 Å². The van der Waals surface area contributed by atoms with Crippen LogP contribution in [0.5, 0.6) is 0 Å². The van der Waals surface area contributed by atoms with Crippen molar-refractivity contribution >= 4 is 27.0 Å². The lowest BCUT2D eigenvalue weighted by molar-refractivity contribution is 0.517. The average Bonchev–Trinajstić information content (AvgIpc) is 2.92. The lowest BCUT2D eigenvalue weighted by atomic mass is 10.0. The number of alkyl halides is 1. The third-order valence-electron chi connectivity index (χ3n) is 4.00. The standard InChI is InChI=1S/C15H19BrN2/c1-2-18-14-6-4-3-5-13(14)17-15(18)10-11-7-8-12(16)9-11/h3-6,11-12H,2,7-10H2,1H3. The highest BCUT2D eigenvalue weighted by molar-refractivity contribution is 9.09. The van der Waals surface area contributed by atoms with Crippen molar-refractivity contribution in [2.45, 2.75) is 44.0 Å². The fourth-order valence-electron chi connectivity index (χ4n) is 3.09. The van der Waals surface area contributed by atoms with Gasteiger partial charge in [0.2, 0.25) is 0 Å². The van der Waals surface area contributed by atoms with Crippen molar-refractivity contribution in [2.24, 2.45) is 5.92 Å². The second kappa shape index (κ2) is 5.04. The topological polar surface area (TPSA) is 17.8 Å². The van der Waals surface area contributed by atoms with Gasteiger partial charge in [-0.3, -0.25) is 0 Å². The van der Waals surface area contributed by atoms with Gasteiger partial charge >= 0.3 is 0 Å². The Bertz CT molecular complexity index is 546. The normalized spacial score (nSPS) is 23.9. The Hall–Kier alpha value is -0.830. The molecule has 0 bridgehead atoms. The molecule has 3 heteroatoms. The number of para-hydroxylation sites is 2. The number of aromatic nitrogens is 2. The highest BCUT2D eigenvalue weighted by atomic mass is 79.9. The molecular weight excluding hydrogens is 288 g/mol. The summed E-state index contributed by atoms with van der Waals surface area (Å²) in [7, 11) is 0. The van der Waals surface area contributed by atoms with Crippen molar-refractivity contribution in [3.05, 3.63) is 30.1 Å². The van der Waals surface area contributed by atoms with Gasteiger partial charge < -0.3 is 4.57 Å². The molecule has 1 aromatic carbocycles. The van der Waals surface area contributed by atoms with Crippen LogP contribution in [0.1, 0.15) is 32.0 Å². The first-order valence-corrected chi connectivity index (χ1v) is 7.77. The van der Waals surface area contributed by atoms with Gasteiger partial charge in [0.1, 0.15) is 5.82 Å². The molecule has 96 valence electrons. The van der Waals surface area contributed by atoms with Gasteiger partial charge in [-0.25, -0.2) is 4.98 Å². The van der Waals surface area contributed by atoms with E-state index >= 15 is 0 Å². The lowest BCUT2D eigenvalue weighted by Crippen LogP contribution is -2.08. The predicted molar refractivity (Wildman–Crippen MR) is 79.2 cm³/mol. The summed E-state index contributed by atoms with van der Waals surface area (Å²) in [5.74, 6) is 2.07. The van der Waals surface area contributed by atoms with Crippen LogP contribution < -0.4 is 0 Å². The molecule has 1 fully saturated rings. The predicted octanol–water partition coefficient (Wildman–Crippen LogP) is 4.16. The molecule has 1 heterocycles. The van der Waals surface area contributed by atoms with Crippen molar-refractivity contribution in [2.75, 3.05) is 0 Å². The summed E-state index contributed by atoms with van der Waals surface area (Å²) >= 11 is 3.74. The Morgan fingerprint density at radius 1 is 1.33 bits per heavy atom. The molecule has 2 nitrogen and oxygen atoms in total. The number of hydrogen-bond donors (Lipinski definition) is 0. The van der Waals surface area contributed by atoms with Gasteiger partial charge in [-0.1, -0.05) is 28.1 Å². The summed E-state index contributed by atoms with van der Waals surface area (Å²) in [6, 6.07) is 8.47.